The van der Waals surface area contributed by atoms with E-state index in [1.807, 2.05) is 0 Å². The van der Waals surface area contributed by atoms with Crippen LogP contribution in [-0.2, 0) is 9.53 Å². The van der Waals surface area contributed by atoms with Crippen molar-refractivity contribution in [2.75, 3.05) is 7.11 Å². The number of aromatic hydroxyl groups is 1. The van der Waals surface area contributed by atoms with Gasteiger partial charge < -0.3 is 24.8 Å². The highest BCUT2D eigenvalue weighted by molar-refractivity contribution is 5.97. The molecule has 2 aliphatic rings. The average Bonchev–Trinajstić information content (AvgIpc) is 2.71. The Morgan fingerprint density at radius 1 is 1.10 bits per heavy atom. The summed E-state index contributed by atoms with van der Waals surface area (Å²) in [6, 6.07) is 2.91. The first-order chi connectivity index (χ1) is 13.9. The number of aliphatic hydroxyl groups excluding tert-OH is 2. The minimum atomic E-state index is -1.54. The van der Waals surface area contributed by atoms with Gasteiger partial charge in [0.25, 0.3) is 0 Å². The number of methoxy groups -OCH3 is 1. The van der Waals surface area contributed by atoms with E-state index < -0.39 is 30.1 Å². The van der Waals surface area contributed by atoms with Crippen LogP contribution >= 0.6 is 0 Å². The lowest BCUT2D eigenvalue weighted by molar-refractivity contribution is -0.127. The number of phenolic OH excluding ortho intramolecular Hbond substituents is 1. The summed E-state index contributed by atoms with van der Waals surface area (Å²) >= 11 is 0. The van der Waals surface area contributed by atoms with E-state index in [0.717, 1.165) is 19.3 Å². The predicted molar refractivity (Wildman–Crippen MR) is 106 cm³/mol. The zero-order valence-electron chi connectivity index (χ0n) is 16.3. The van der Waals surface area contributed by atoms with Crippen LogP contribution in [0.25, 0.3) is 6.08 Å². The van der Waals surface area contributed by atoms with Gasteiger partial charge in [-0.05, 0) is 43.4 Å². The standard InChI is InChI=1S/C22H26O7/c1-28-15-11-14-6-4-7-16(23)21(26)17(24)10-9-13-5-2-3-8-19(13)29-22(27)20(14)18(25)12-15/h4,6,9-13,16,19,21,23,25-26H,2-3,5,7-8H2,1H3/b6-4+,10-9-/t13?,16?,19?,21-/m0/s1. The average molecular weight is 402 g/mol. The first kappa shape index (κ1) is 21.1. The molecule has 0 radical (unpaired) electrons. The van der Waals surface area contributed by atoms with Crippen LogP contribution in [0.15, 0.2) is 30.4 Å². The molecule has 1 aromatic rings. The molecule has 156 valence electrons. The topological polar surface area (TPSA) is 113 Å². The number of carbonyl (C=O) groups is 2. The van der Waals surface area contributed by atoms with Crippen LogP contribution in [0.2, 0.25) is 0 Å². The first-order valence-electron chi connectivity index (χ1n) is 9.77. The summed E-state index contributed by atoms with van der Waals surface area (Å²) in [7, 11) is 1.44. The molecule has 3 N–H and O–H groups in total. The van der Waals surface area contributed by atoms with E-state index in [2.05, 4.69) is 0 Å². The molecule has 1 aliphatic carbocycles. The third-order valence-electron chi connectivity index (χ3n) is 5.41. The number of ether oxygens (including phenoxy) is 2. The highest BCUT2D eigenvalue weighted by atomic mass is 16.5. The van der Waals surface area contributed by atoms with Crippen LogP contribution in [0.4, 0.5) is 0 Å². The van der Waals surface area contributed by atoms with Crippen LogP contribution in [-0.4, -0.2) is 52.5 Å². The molecule has 0 aromatic heterocycles. The van der Waals surface area contributed by atoms with E-state index in [4.69, 9.17) is 9.47 Å². The molecular formula is C22H26O7. The number of carbonyl (C=O) groups excluding carboxylic acids is 2. The molecule has 29 heavy (non-hydrogen) atoms. The second kappa shape index (κ2) is 9.24. The summed E-state index contributed by atoms with van der Waals surface area (Å²) in [5, 5.41) is 30.6. The van der Waals surface area contributed by atoms with Crippen molar-refractivity contribution in [2.45, 2.75) is 50.4 Å². The molecule has 3 rings (SSSR count). The monoisotopic (exact) mass is 402 g/mol. The number of fused-ring (bicyclic) bond motifs is 2. The smallest absolute Gasteiger partial charge is 0.342 e. The molecule has 7 heteroatoms. The van der Waals surface area contributed by atoms with Gasteiger partial charge in [0.05, 0.1) is 13.2 Å². The number of rotatable bonds is 1. The van der Waals surface area contributed by atoms with Crippen molar-refractivity contribution in [1.29, 1.82) is 0 Å². The fourth-order valence-corrected chi connectivity index (χ4v) is 3.75. The second-order valence-electron chi connectivity index (χ2n) is 7.41. The lowest BCUT2D eigenvalue weighted by Gasteiger charge is -2.29. The van der Waals surface area contributed by atoms with Crippen molar-refractivity contribution in [3.8, 4) is 11.5 Å². The molecule has 0 amide bonds. The maximum Gasteiger partial charge on any atom is 0.342 e. The number of hydrogen-bond acceptors (Lipinski definition) is 7. The van der Waals surface area contributed by atoms with Crippen molar-refractivity contribution < 1.29 is 34.4 Å². The van der Waals surface area contributed by atoms with Crippen molar-refractivity contribution in [1.82, 2.24) is 0 Å². The third kappa shape index (κ3) is 4.86. The van der Waals surface area contributed by atoms with Crippen LogP contribution in [0.1, 0.15) is 48.0 Å². The Hall–Kier alpha value is -2.64. The summed E-state index contributed by atoms with van der Waals surface area (Å²) in [5.41, 5.74) is 0.373. The molecule has 3 unspecified atom stereocenters. The third-order valence-corrected chi connectivity index (χ3v) is 5.41. The van der Waals surface area contributed by atoms with Gasteiger partial charge in [-0.1, -0.05) is 24.6 Å². The summed E-state index contributed by atoms with van der Waals surface area (Å²) in [5.74, 6) is -1.32. The number of hydrogen-bond donors (Lipinski definition) is 3. The van der Waals surface area contributed by atoms with Crippen molar-refractivity contribution >= 4 is 17.8 Å². The van der Waals surface area contributed by atoms with Crippen LogP contribution in [0.3, 0.4) is 0 Å². The van der Waals surface area contributed by atoms with E-state index in [-0.39, 0.29) is 23.7 Å². The Kier molecular flexibility index (Phi) is 6.71. The number of phenols is 1. The van der Waals surface area contributed by atoms with Crippen molar-refractivity contribution in [3.05, 3.63) is 41.5 Å². The van der Waals surface area contributed by atoms with E-state index in [9.17, 15) is 24.9 Å². The minimum absolute atomic E-state index is 0.0125. The van der Waals surface area contributed by atoms with Gasteiger partial charge in [0, 0.05) is 12.0 Å². The number of aliphatic hydroxyl groups is 2. The van der Waals surface area contributed by atoms with Gasteiger partial charge in [-0.25, -0.2) is 4.79 Å². The Morgan fingerprint density at radius 3 is 2.62 bits per heavy atom. The zero-order chi connectivity index (χ0) is 21.0. The molecule has 0 saturated heterocycles. The number of benzene rings is 1. The van der Waals surface area contributed by atoms with E-state index in [1.54, 1.807) is 12.1 Å². The van der Waals surface area contributed by atoms with Gasteiger partial charge in [-0.15, -0.1) is 0 Å². The maximum atomic E-state index is 12.9. The van der Waals surface area contributed by atoms with Crippen molar-refractivity contribution in [2.24, 2.45) is 5.92 Å². The van der Waals surface area contributed by atoms with E-state index in [1.165, 1.54) is 31.4 Å². The Morgan fingerprint density at radius 2 is 1.86 bits per heavy atom. The minimum Gasteiger partial charge on any atom is -0.507 e. The normalized spacial score (nSPS) is 30.3. The lowest BCUT2D eigenvalue weighted by atomic mass is 9.85. The second-order valence-corrected chi connectivity index (χ2v) is 7.41. The van der Waals surface area contributed by atoms with E-state index >= 15 is 0 Å². The van der Waals surface area contributed by atoms with Crippen molar-refractivity contribution in [3.63, 3.8) is 0 Å². The molecule has 1 saturated carbocycles. The molecule has 0 bridgehead atoms. The summed E-state index contributed by atoms with van der Waals surface area (Å²) < 4.78 is 10.9. The van der Waals surface area contributed by atoms with Gasteiger partial charge in [-0.3, -0.25) is 4.79 Å². The van der Waals surface area contributed by atoms with Gasteiger partial charge in [0.2, 0.25) is 0 Å². The molecule has 1 aliphatic heterocycles. The maximum absolute atomic E-state index is 12.9. The van der Waals surface area contributed by atoms with Crippen LogP contribution in [0.5, 0.6) is 11.5 Å². The summed E-state index contributed by atoms with van der Waals surface area (Å²) in [6.45, 7) is 0. The van der Waals surface area contributed by atoms with Gasteiger partial charge in [0.15, 0.2) is 5.78 Å². The van der Waals surface area contributed by atoms with Gasteiger partial charge in [0.1, 0.15) is 29.3 Å². The van der Waals surface area contributed by atoms with E-state index in [0.29, 0.717) is 17.7 Å². The molecule has 1 fully saturated rings. The zero-order valence-corrected chi connectivity index (χ0v) is 16.3. The number of ketones is 1. The predicted octanol–water partition coefficient (Wildman–Crippen LogP) is 2.38. The largest absolute Gasteiger partial charge is 0.507 e. The number of esters is 1. The molecule has 1 heterocycles. The fraction of sp³-hybridized carbons (Fsp3) is 0.455. The quantitative estimate of drug-likeness (QED) is 0.618. The Bertz CT molecular complexity index is 827. The molecule has 1 aromatic carbocycles. The lowest BCUT2D eigenvalue weighted by Crippen LogP contribution is -2.33. The van der Waals surface area contributed by atoms with Gasteiger partial charge in [-0.2, -0.15) is 0 Å². The highest BCUT2D eigenvalue weighted by Crippen LogP contribution is 2.33. The van der Waals surface area contributed by atoms with Gasteiger partial charge >= 0.3 is 5.97 Å². The fourth-order valence-electron chi connectivity index (χ4n) is 3.75. The molecule has 0 spiro atoms. The highest BCUT2D eigenvalue weighted by Gasteiger charge is 2.30. The van der Waals surface area contributed by atoms with Crippen LogP contribution < -0.4 is 4.74 Å². The SMILES string of the molecule is COc1cc(O)c2c(c1)/C=C/CC(O)[C@H](O)C(=O)/C=C\C1CCCCC1OC2=O. The molecular weight excluding hydrogens is 376 g/mol. The Labute approximate surface area is 169 Å². The summed E-state index contributed by atoms with van der Waals surface area (Å²) in [4.78, 5) is 25.1. The molecule has 7 nitrogen and oxygen atoms in total. The molecule has 4 atom stereocenters. The van der Waals surface area contributed by atoms with Crippen LogP contribution in [0, 0.1) is 5.92 Å². The first-order valence-corrected chi connectivity index (χ1v) is 9.77. The Balaban J connectivity index is 2.03. The summed E-state index contributed by atoms with van der Waals surface area (Å²) in [6.07, 6.45) is 5.87.